The van der Waals surface area contributed by atoms with Crippen LogP contribution in [0.2, 0.25) is 0 Å². The average molecular weight is 402 g/mol. The lowest BCUT2D eigenvalue weighted by Gasteiger charge is -2.31. The largest absolute Gasteiger partial charge is 0.481 e. The summed E-state index contributed by atoms with van der Waals surface area (Å²) < 4.78 is 0. The minimum absolute atomic E-state index is 0. The molecule has 0 atom stereocenters. The summed E-state index contributed by atoms with van der Waals surface area (Å²) in [6.45, 7) is 1.20. The standard InChI is InChI=1S/C21H23N3O3.ClH/c22-20(23)17-5-1-15(2-6-17)16-3-7-18(8-4-16)21(27)24-11-9-14(10-12-24)13-19(25)26;/h1-8,14H,9-13H2,(H3,22,23)(H,25,26);1H. The Morgan fingerprint density at radius 2 is 1.43 bits per heavy atom. The first-order chi connectivity index (χ1) is 12.9. The van der Waals surface area contributed by atoms with Crippen LogP contribution in [0.15, 0.2) is 48.5 Å². The molecule has 2 aromatic carbocycles. The number of carbonyl (C=O) groups excluding carboxylic acids is 1. The molecule has 1 saturated heterocycles. The van der Waals surface area contributed by atoms with E-state index in [1.165, 1.54) is 0 Å². The smallest absolute Gasteiger partial charge is 0.303 e. The molecule has 1 heterocycles. The van der Waals surface area contributed by atoms with Crippen LogP contribution in [-0.2, 0) is 4.79 Å². The molecule has 0 unspecified atom stereocenters. The summed E-state index contributed by atoms with van der Waals surface area (Å²) in [6, 6.07) is 14.9. The van der Waals surface area contributed by atoms with Crippen molar-refractivity contribution < 1.29 is 14.7 Å². The third kappa shape index (κ3) is 5.10. The fourth-order valence-corrected chi connectivity index (χ4v) is 3.42. The number of nitrogens with one attached hydrogen (secondary N) is 1. The normalized spacial score (nSPS) is 14.2. The van der Waals surface area contributed by atoms with Gasteiger partial charge in [0.25, 0.3) is 5.91 Å². The molecule has 3 rings (SSSR count). The Morgan fingerprint density at radius 3 is 1.86 bits per heavy atom. The molecule has 7 heteroatoms. The fourth-order valence-electron chi connectivity index (χ4n) is 3.42. The molecule has 1 aliphatic heterocycles. The van der Waals surface area contributed by atoms with Gasteiger partial charge in [0, 0.05) is 30.6 Å². The molecule has 0 saturated carbocycles. The van der Waals surface area contributed by atoms with E-state index >= 15 is 0 Å². The zero-order valence-electron chi connectivity index (χ0n) is 15.4. The van der Waals surface area contributed by atoms with Gasteiger partial charge in [0.1, 0.15) is 5.84 Å². The van der Waals surface area contributed by atoms with Crippen molar-refractivity contribution in [2.24, 2.45) is 11.7 Å². The van der Waals surface area contributed by atoms with E-state index in [1.54, 1.807) is 17.0 Å². The molecule has 0 aromatic heterocycles. The molecule has 0 bridgehead atoms. The van der Waals surface area contributed by atoms with Crippen molar-refractivity contribution >= 4 is 30.1 Å². The Bertz CT molecular complexity index is 842. The minimum Gasteiger partial charge on any atom is -0.481 e. The number of hydrogen-bond acceptors (Lipinski definition) is 3. The van der Waals surface area contributed by atoms with Crippen molar-refractivity contribution in [2.45, 2.75) is 19.3 Å². The van der Waals surface area contributed by atoms with E-state index in [9.17, 15) is 9.59 Å². The predicted octanol–water partition coefficient (Wildman–Crippen LogP) is 3.39. The van der Waals surface area contributed by atoms with Gasteiger partial charge in [-0.15, -0.1) is 12.4 Å². The maximum Gasteiger partial charge on any atom is 0.303 e. The van der Waals surface area contributed by atoms with E-state index in [0.29, 0.717) is 24.2 Å². The van der Waals surface area contributed by atoms with Crippen LogP contribution >= 0.6 is 12.4 Å². The van der Waals surface area contributed by atoms with E-state index in [4.69, 9.17) is 16.2 Å². The SMILES string of the molecule is Cl.N=C(N)c1ccc(-c2ccc(C(=O)N3CCC(CC(=O)O)CC3)cc2)cc1. The number of carboxylic acid groups (broad SMARTS) is 1. The maximum atomic E-state index is 12.7. The third-order valence-corrected chi connectivity index (χ3v) is 5.03. The topological polar surface area (TPSA) is 107 Å². The molecule has 28 heavy (non-hydrogen) atoms. The molecular weight excluding hydrogens is 378 g/mol. The van der Waals surface area contributed by atoms with Crippen LogP contribution in [-0.4, -0.2) is 40.8 Å². The van der Waals surface area contributed by atoms with Crippen molar-refractivity contribution in [1.82, 2.24) is 4.90 Å². The number of nitrogen functional groups attached to an aromatic ring is 1. The number of amides is 1. The molecule has 0 aliphatic carbocycles. The summed E-state index contributed by atoms with van der Waals surface area (Å²) in [5.74, 6) is -0.588. The van der Waals surface area contributed by atoms with Gasteiger partial charge in [-0.3, -0.25) is 15.0 Å². The van der Waals surface area contributed by atoms with Crippen LogP contribution < -0.4 is 5.73 Å². The highest BCUT2D eigenvalue weighted by Crippen LogP contribution is 2.24. The van der Waals surface area contributed by atoms with Gasteiger partial charge in [0.2, 0.25) is 0 Å². The van der Waals surface area contributed by atoms with Crippen molar-refractivity contribution in [1.29, 1.82) is 5.41 Å². The summed E-state index contributed by atoms with van der Waals surface area (Å²) in [5.41, 5.74) is 8.77. The minimum atomic E-state index is -0.772. The van der Waals surface area contributed by atoms with Crippen LogP contribution in [0.4, 0.5) is 0 Å². The molecule has 0 radical (unpaired) electrons. The molecule has 2 aromatic rings. The van der Waals surface area contributed by atoms with Gasteiger partial charge < -0.3 is 15.7 Å². The number of carbonyl (C=O) groups is 2. The van der Waals surface area contributed by atoms with Crippen LogP contribution in [0, 0.1) is 11.3 Å². The van der Waals surface area contributed by atoms with Crippen LogP contribution in [0.1, 0.15) is 35.2 Å². The second-order valence-electron chi connectivity index (χ2n) is 6.90. The molecular formula is C21H24ClN3O3. The van der Waals surface area contributed by atoms with Gasteiger partial charge >= 0.3 is 5.97 Å². The number of hydrogen-bond donors (Lipinski definition) is 3. The maximum absolute atomic E-state index is 12.7. The van der Waals surface area contributed by atoms with Crippen LogP contribution in [0.25, 0.3) is 11.1 Å². The number of aliphatic carboxylic acids is 1. The number of carboxylic acids is 1. The zero-order chi connectivity index (χ0) is 19.4. The highest BCUT2D eigenvalue weighted by Gasteiger charge is 2.24. The van der Waals surface area contributed by atoms with Crippen LogP contribution in [0.5, 0.6) is 0 Å². The van der Waals surface area contributed by atoms with Gasteiger partial charge in [-0.25, -0.2) is 0 Å². The van der Waals surface area contributed by atoms with E-state index < -0.39 is 5.97 Å². The summed E-state index contributed by atoms with van der Waals surface area (Å²) in [7, 11) is 0. The lowest BCUT2D eigenvalue weighted by Crippen LogP contribution is -2.38. The quantitative estimate of drug-likeness (QED) is 0.527. The van der Waals surface area contributed by atoms with E-state index in [-0.39, 0.29) is 36.5 Å². The number of rotatable bonds is 5. The van der Waals surface area contributed by atoms with Gasteiger partial charge in [-0.05, 0) is 42.0 Å². The summed E-state index contributed by atoms with van der Waals surface area (Å²) in [6.07, 6.45) is 1.65. The Morgan fingerprint density at radius 1 is 0.964 bits per heavy atom. The Kier molecular flexibility index (Phi) is 7.18. The highest BCUT2D eigenvalue weighted by atomic mass is 35.5. The Balaban J connectivity index is 0.00000280. The van der Waals surface area contributed by atoms with Crippen LogP contribution in [0.3, 0.4) is 0 Å². The molecule has 6 nitrogen and oxygen atoms in total. The number of benzene rings is 2. The van der Waals surface area contributed by atoms with Crippen molar-refractivity contribution in [3.63, 3.8) is 0 Å². The lowest BCUT2D eigenvalue weighted by atomic mass is 9.93. The average Bonchev–Trinajstić information content (AvgIpc) is 2.68. The second-order valence-corrected chi connectivity index (χ2v) is 6.90. The number of likely N-dealkylation sites (tertiary alicyclic amines) is 1. The Hall–Kier alpha value is -2.86. The summed E-state index contributed by atoms with van der Waals surface area (Å²) in [4.78, 5) is 25.3. The Labute approximate surface area is 170 Å². The molecule has 4 N–H and O–H groups in total. The molecule has 1 aliphatic rings. The molecule has 0 spiro atoms. The van der Waals surface area contributed by atoms with Gasteiger partial charge in [0.05, 0.1) is 0 Å². The number of halogens is 1. The van der Waals surface area contributed by atoms with E-state index in [1.807, 2.05) is 36.4 Å². The third-order valence-electron chi connectivity index (χ3n) is 5.03. The fraction of sp³-hybridized carbons (Fsp3) is 0.286. The predicted molar refractivity (Wildman–Crippen MR) is 111 cm³/mol. The first-order valence-electron chi connectivity index (χ1n) is 9.00. The lowest BCUT2D eigenvalue weighted by molar-refractivity contribution is -0.138. The number of nitrogens with zero attached hydrogens (tertiary/aromatic N) is 1. The monoisotopic (exact) mass is 401 g/mol. The van der Waals surface area contributed by atoms with Crippen molar-refractivity contribution in [3.05, 3.63) is 59.7 Å². The van der Waals surface area contributed by atoms with Gasteiger partial charge in [0.15, 0.2) is 0 Å². The first-order valence-corrected chi connectivity index (χ1v) is 9.00. The summed E-state index contributed by atoms with van der Waals surface area (Å²) >= 11 is 0. The highest BCUT2D eigenvalue weighted by molar-refractivity contribution is 5.96. The molecule has 1 amide bonds. The number of piperidine rings is 1. The van der Waals surface area contributed by atoms with E-state index in [0.717, 1.165) is 24.0 Å². The molecule has 148 valence electrons. The van der Waals surface area contributed by atoms with Gasteiger partial charge in [-0.2, -0.15) is 0 Å². The summed E-state index contributed by atoms with van der Waals surface area (Å²) in [5, 5.41) is 16.3. The van der Waals surface area contributed by atoms with Crippen molar-refractivity contribution in [3.8, 4) is 11.1 Å². The second kappa shape index (κ2) is 9.37. The number of nitrogens with two attached hydrogens (primary N) is 1. The van der Waals surface area contributed by atoms with Gasteiger partial charge in [-0.1, -0.05) is 36.4 Å². The first kappa shape index (κ1) is 21.4. The van der Waals surface area contributed by atoms with E-state index in [2.05, 4.69) is 0 Å². The van der Waals surface area contributed by atoms with Crippen molar-refractivity contribution in [2.75, 3.05) is 13.1 Å². The number of amidine groups is 1. The molecule has 1 fully saturated rings. The zero-order valence-corrected chi connectivity index (χ0v) is 16.2.